The van der Waals surface area contributed by atoms with Crippen LogP contribution in [0.25, 0.3) is 0 Å². The Hall–Kier alpha value is -1.77. The van der Waals surface area contributed by atoms with Gasteiger partial charge in [-0.05, 0) is 6.42 Å². The highest BCUT2D eigenvalue weighted by Crippen LogP contribution is 2.14. The van der Waals surface area contributed by atoms with Crippen LogP contribution in [0.2, 0.25) is 0 Å². The molecule has 0 aliphatic rings. The van der Waals surface area contributed by atoms with Crippen LogP contribution in [0.1, 0.15) is 16.9 Å². The fraction of sp³-hybridized carbons (Fsp3) is 0.600. The molecule has 0 unspecified atom stereocenters. The summed E-state index contributed by atoms with van der Waals surface area (Å²) in [6, 6.07) is 0. The molecule has 0 spiro atoms. The Bertz CT molecular complexity index is 431. The van der Waals surface area contributed by atoms with E-state index in [1.165, 1.54) is 18.0 Å². The zero-order chi connectivity index (χ0) is 14.5. The molecule has 9 heteroatoms. The predicted molar refractivity (Wildman–Crippen MR) is 59.5 cm³/mol. The number of halogens is 3. The quantitative estimate of drug-likeness (QED) is 0.626. The molecule has 0 aromatic carbocycles. The van der Waals surface area contributed by atoms with Crippen molar-refractivity contribution in [3.8, 4) is 0 Å². The zero-order valence-electron chi connectivity index (χ0n) is 10.2. The molecule has 1 rings (SSSR count). The van der Waals surface area contributed by atoms with E-state index in [-0.39, 0.29) is 18.0 Å². The molecule has 0 amide bonds. The standard InChI is InChI=1S/C10H14F3N3O3/c1-18-9(17)8-7(14)5-16(15-8)3-2-4-19-6-10(11,12)13/h5H,2-4,6,14H2,1H3. The van der Waals surface area contributed by atoms with E-state index in [0.29, 0.717) is 13.0 Å². The van der Waals surface area contributed by atoms with E-state index >= 15 is 0 Å². The number of carbonyl (C=O) groups is 1. The molecule has 19 heavy (non-hydrogen) atoms. The average Bonchev–Trinajstić information content (AvgIpc) is 2.67. The molecule has 0 saturated heterocycles. The van der Waals surface area contributed by atoms with Gasteiger partial charge in [-0.3, -0.25) is 4.68 Å². The van der Waals surface area contributed by atoms with Crippen molar-refractivity contribution >= 4 is 11.7 Å². The van der Waals surface area contributed by atoms with Gasteiger partial charge in [0.2, 0.25) is 0 Å². The molecule has 0 aliphatic heterocycles. The Kier molecular flexibility index (Phi) is 5.16. The molecule has 0 bridgehead atoms. The van der Waals surface area contributed by atoms with Gasteiger partial charge in [0, 0.05) is 19.3 Å². The number of methoxy groups -OCH3 is 1. The maximum Gasteiger partial charge on any atom is 0.411 e. The first-order chi connectivity index (χ1) is 8.83. The summed E-state index contributed by atoms with van der Waals surface area (Å²) in [4.78, 5) is 11.2. The first-order valence-corrected chi connectivity index (χ1v) is 5.39. The average molecular weight is 281 g/mol. The lowest BCUT2D eigenvalue weighted by Gasteiger charge is -2.07. The Balaban J connectivity index is 2.36. The van der Waals surface area contributed by atoms with Crippen LogP contribution in [0.15, 0.2) is 6.20 Å². The fourth-order valence-corrected chi connectivity index (χ4v) is 1.32. The molecule has 0 aliphatic carbocycles. The number of nitrogens with two attached hydrogens (primary N) is 1. The molecule has 1 aromatic rings. The SMILES string of the molecule is COC(=O)c1nn(CCCOCC(F)(F)F)cc1N. The summed E-state index contributed by atoms with van der Waals surface area (Å²) in [5.74, 6) is -0.662. The van der Waals surface area contributed by atoms with E-state index in [2.05, 4.69) is 14.6 Å². The molecular formula is C10H14F3N3O3. The van der Waals surface area contributed by atoms with Gasteiger partial charge >= 0.3 is 12.1 Å². The molecule has 6 nitrogen and oxygen atoms in total. The minimum Gasteiger partial charge on any atom is -0.464 e. The van der Waals surface area contributed by atoms with Crippen molar-refractivity contribution in [3.63, 3.8) is 0 Å². The van der Waals surface area contributed by atoms with E-state index in [1.807, 2.05) is 0 Å². The second-order valence-electron chi connectivity index (χ2n) is 3.71. The lowest BCUT2D eigenvalue weighted by molar-refractivity contribution is -0.174. The topological polar surface area (TPSA) is 79.4 Å². The number of nitrogens with zero attached hydrogens (tertiary/aromatic N) is 2. The summed E-state index contributed by atoms with van der Waals surface area (Å²) in [5.41, 5.74) is 5.68. The van der Waals surface area contributed by atoms with Gasteiger partial charge in [0.15, 0.2) is 5.69 Å². The van der Waals surface area contributed by atoms with Gasteiger partial charge in [-0.15, -0.1) is 0 Å². The first-order valence-electron chi connectivity index (χ1n) is 5.39. The number of aryl methyl sites for hydroxylation is 1. The zero-order valence-corrected chi connectivity index (χ0v) is 10.2. The van der Waals surface area contributed by atoms with Crippen LogP contribution < -0.4 is 5.73 Å². The highest BCUT2D eigenvalue weighted by atomic mass is 19.4. The van der Waals surface area contributed by atoms with E-state index in [0.717, 1.165) is 0 Å². The first kappa shape index (κ1) is 15.3. The third-order valence-corrected chi connectivity index (χ3v) is 2.11. The van der Waals surface area contributed by atoms with Crippen LogP contribution in [0.4, 0.5) is 18.9 Å². The predicted octanol–water partition coefficient (Wildman–Crippen LogP) is 1.22. The van der Waals surface area contributed by atoms with Gasteiger partial charge in [0.05, 0.1) is 12.8 Å². The number of hydrogen-bond acceptors (Lipinski definition) is 5. The Morgan fingerprint density at radius 2 is 2.21 bits per heavy atom. The van der Waals surface area contributed by atoms with E-state index < -0.39 is 18.8 Å². The summed E-state index contributed by atoms with van der Waals surface area (Å²) in [5, 5.41) is 3.87. The second kappa shape index (κ2) is 6.41. The second-order valence-corrected chi connectivity index (χ2v) is 3.71. The summed E-state index contributed by atoms with van der Waals surface area (Å²) < 4.78 is 45.6. The van der Waals surface area contributed by atoms with E-state index in [1.54, 1.807) is 0 Å². The van der Waals surface area contributed by atoms with Crippen LogP contribution in [0, 0.1) is 0 Å². The third kappa shape index (κ3) is 5.16. The Morgan fingerprint density at radius 3 is 2.79 bits per heavy atom. The van der Waals surface area contributed by atoms with Crippen molar-refractivity contribution in [1.29, 1.82) is 0 Å². The number of nitrogen functional groups attached to an aromatic ring is 1. The maximum absolute atomic E-state index is 11.8. The number of esters is 1. The highest BCUT2D eigenvalue weighted by Gasteiger charge is 2.27. The summed E-state index contributed by atoms with van der Waals surface area (Å²) in [6.45, 7) is -1.05. The van der Waals surface area contributed by atoms with Crippen LogP contribution in [0.5, 0.6) is 0 Å². The summed E-state index contributed by atoms with van der Waals surface area (Å²) >= 11 is 0. The number of ether oxygens (including phenoxy) is 2. The number of carbonyl (C=O) groups excluding carboxylic acids is 1. The van der Waals surface area contributed by atoms with Crippen molar-refractivity contribution in [2.45, 2.75) is 19.1 Å². The monoisotopic (exact) mass is 281 g/mol. The lowest BCUT2D eigenvalue weighted by atomic mass is 10.4. The maximum atomic E-state index is 11.8. The number of alkyl halides is 3. The fourth-order valence-electron chi connectivity index (χ4n) is 1.32. The molecule has 2 N–H and O–H groups in total. The number of hydrogen-bond donors (Lipinski definition) is 1. The molecular weight excluding hydrogens is 267 g/mol. The highest BCUT2D eigenvalue weighted by molar-refractivity contribution is 5.92. The molecule has 0 fully saturated rings. The molecule has 0 atom stereocenters. The van der Waals surface area contributed by atoms with Crippen molar-refractivity contribution in [1.82, 2.24) is 9.78 Å². The molecule has 1 aromatic heterocycles. The summed E-state index contributed by atoms with van der Waals surface area (Å²) in [6.07, 6.45) is -2.60. The van der Waals surface area contributed by atoms with Gasteiger partial charge in [-0.2, -0.15) is 18.3 Å². The molecule has 0 saturated carbocycles. The molecule has 1 heterocycles. The summed E-state index contributed by atoms with van der Waals surface area (Å²) in [7, 11) is 1.20. The van der Waals surface area contributed by atoms with Crippen molar-refractivity contribution in [2.24, 2.45) is 0 Å². The number of aromatic nitrogens is 2. The van der Waals surface area contributed by atoms with Crippen molar-refractivity contribution < 1.29 is 27.4 Å². The minimum atomic E-state index is -4.33. The Labute approximate surface area is 107 Å². The Morgan fingerprint density at radius 1 is 1.53 bits per heavy atom. The van der Waals surface area contributed by atoms with Crippen LogP contribution in [-0.2, 0) is 16.0 Å². The van der Waals surface area contributed by atoms with Gasteiger partial charge in [-0.1, -0.05) is 0 Å². The van der Waals surface area contributed by atoms with Gasteiger partial charge in [0.25, 0.3) is 0 Å². The minimum absolute atomic E-state index is 0.0151. The number of anilines is 1. The van der Waals surface area contributed by atoms with Crippen LogP contribution in [-0.4, -0.2) is 42.2 Å². The van der Waals surface area contributed by atoms with Crippen molar-refractivity contribution in [3.05, 3.63) is 11.9 Å². The van der Waals surface area contributed by atoms with E-state index in [9.17, 15) is 18.0 Å². The third-order valence-electron chi connectivity index (χ3n) is 2.11. The molecule has 108 valence electrons. The number of rotatable bonds is 6. The van der Waals surface area contributed by atoms with Crippen LogP contribution >= 0.6 is 0 Å². The van der Waals surface area contributed by atoms with Crippen molar-refractivity contribution in [2.75, 3.05) is 26.1 Å². The van der Waals surface area contributed by atoms with Gasteiger partial charge in [-0.25, -0.2) is 4.79 Å². The lowest BCUT2D eigenvalue weighted by Crippen LogP contribution is -2.18. The van der Waals surface area contributed by atoms with Gasteiger partial charge in [0.1, 0.15) is 6.61 Å². The normalized spacial score (nSPS) is 11.6. The van der Waals surface area contributed by atoms with Gasteiger partial charge < -0.3 is 15.2 Å². The molecule has 0 radical (unpaired) electrons. The van der Waals surface area contributed by atoms with Crippen LogP contribution in [0.3, 0.4) is 0 Å². The smallest absolute Gasteiger partial charge is 0.411 e. The van der Waals surface area contributed by atoms with E-state index in [4.69, 9.17) is 5.73 Å². The largest absolute Gasteiger partial charge is 0.464 e.